The van der Waals surface area contributed by atoms with Gasteiger partial charge in [0.05, 0.1) is 19.1 Å². The number of hydrogen-bond donors (Lipinski definition) is 10. The van der Waals surface area contributed by atoms with Crippen molar-refractivity contribution in [3.8, 4) is 0 Å². The fraction of sp³-hybridized carbons (Fsp3) is 0.704. The summed E-state index contributed by atoms with van der Waals surface area (Å²) in [6.45, 7) is 7.54. The van der Waals surface area contributed by atoms with Crippen LogP contribution in [-0.2, 0) is 38.4 Å². The van der Waals surface area contributed by atoms with Gasteiger partial charge in [-0.2, -0.15) is 12.6 Å². The number of rotatable bonds is 21. The van der Waals surface area contributed by atoms with E-state index >= 15 is 0 Å². The average Bonchev–Trinajstić information content (AvgIpc) is 2.97. The van der Waals surface area contributed by atoms with Crippen LogP contribution in [0, 0.1) is 11.8 Å². The molecule has 0 saturated carbocycles. The summed E-state index contributed by atoms with van der Waals surface area (Å²) in [4.78, 5) is 98.0. The van der Waals surface area contributed by atoms with Crippen molar-refractivity contribution in [1.82, 2.24) is 31.9 Å². The van der Waals surface area contributed by atoms with Crippen molar-refractivity contribution in [2.75, 3.05) is 18.8 Å². The minimum atomic E-state index is -1.34. The summed E-state index contributed by atoms with van der Waals surface area (Å²) >= 11 is 3.85. The highest BCUT2D eigenvalue weighted by Crippen LogP contribution is 2.08. The zero-order valence-electron chi connectivity index (χ0n) is 26.3. The van der Waals surface area contributed by atoms with Crippen molar-refractivity contribution in [2.45, 2.75) is 90.5 Å². The number of nitrogens with two attached hydrogens (primary N) is 2. The molecule has 6 atom stereocenters. The molecular weight excluding hydrogens is 612 g/mol. The molecule has 0 rings (SSSR count). The van der Waals surface area contributed by atoms with E-state index in [1.165, 1.54) is 6.92 Å². The predicted octanol–water partition coefficient (Wildman–Crippen LogP) is -3.12. The van der Waals surface area contributed by atoms with Crippen LogP contribution in [0.15, 0.2) is 0 Å². The third-order valence-corrected chi connectivity index (χ3v) is 7.01. The lowest BCUT2D eigenvalue weighted by atomic mass is 9.99. The molecule has 0 spiro atoms. The average molecular weight is 661 g/mol. The maximum Gasteiger partial charge on any atom is 0.327 e. The molecule has 0 radical (unpaired) electrons. The van der Waals surface area contributed by atoms with Gasteiger partial charge in [0.2, 0.25) is 41.4 Å². The van der Waals surface area contributed by atoms with Gasteiger partial charge in [0.1, 0.15) is 24.2 Å². The Kier molecular flexibility index (Phi) is 19.1. The SMILES string of the molecule is CCC(C)C(N)C(=O)NCC(=O)NC(C)C(=O)NC(CCC(N)=O)C(=O)NC(CC(C)C)C(=O)NCC(=O)NC(CS)C(=O)O. The zero-order chi connectivity index (χ0) is 34.9. The molecule has 256 valence electrons. The van der Waals surface area contributed by atoms with Crippen LogP contribution in [-0.4, -0.2) is 101 Å². The minimum Gasteiger partial charge on any atom is -0.480 e. The molecule has 0 saturated heterocycles. The Morgan fingerprint density at radius 3 is 1.76 bits per heavy atom. The van der Waals surface area contributed by atoms with Crippen LogP contribution in [0.25, 0.3) is 0 Å². The largest absolute Gasteiger partial charge is 0.480 e. The smallest absolute Gasteiger partial charge is 0.327 e. The van der Waals surface area contributed by atoms with E-state index in [4.69, 9.17) is 16.6 Å². The minimum absolute atomic E-state index is 0.107. The first-order valence-corrected chi connectivity index (χ1v) is 15.2. The first-order valence-electron chi connectivity index (χ1n) is 14.6. The molecule has 0 aromatic carbocycles. The number of primary amides is 1. The number of amides is 7. The van der Waals surface area contributed by atoms with Gasteiger partial charge in [-0.05, 0) is 31.6 Å². The number of carboxylic acid groups (broad SMARTS) is 1. The quantitative estimate of drug-likeness (QED) is 0.0553. The van der Waals surface area contributed by atoms with E-state index in [1.54, 1.807) is 20.8 Å². The van der Waals surface area contributed by atoms with E-state index in [0.29, 0.717) is 6.42 Å². The van der Waals surface area contributed by atoms with E-state index in [9.17, 15) is 38.4 Å². The van der Waals surface area contributed by atoms with Crippen LogP contribution in [0.5, 0.6) is 0 Å². The van der Waals surface area contributed by atoms with Crippen LogP contribution in [0.4, 0.5) is 0 Å². The van der Waals surface area contributed by atoms with Crippen molar-refractivity contribution in [1.29, 1.82) is 0 Å². The number of carboxylic acids is 1. The predicted molar refractivity (Wildman–Crippen MR) is 166 cm³/mol. The number of aliphatic carboxylic acids is 1. The van der Waals surface area contributed by atoms with E-state index in [-0.39, 0.29) is 36.9 Å². The highest BCUT2D eigenvalue weighted by atomic mass is 32.1. The summed E-state index contributed by atoms with van der Waals surface area (Å²) in [5.74, 6) is -6.84. The van der Waals surface area contributed by atoms with E-state index in [0.717, 1.165) is 0 Å². The third-order valence-electron chi connectivity index (χ3n) is 6.65. The molecule has 7 amide bonds. The number of nitrogens with one attached hydrogen (secondary N) is 6. The number of carbonyl (C=O) groups excluding carboxylic acids is 7. The first kappa shape index (κ1) is 41.1. The highest BCUT2D eigenvalue weighted by Gasteiger charge is 2.30. The van der Waals surface area contributed by atoms with Gasteiger partial charge in [-0.15, -0.1) is 0 Å². The third kappa shape index (κ3) is 16.6. The van der Waals surface area contributed by atoms with E-state index < -0.39 is 90.6 Å². The molecule has 0 heterocycles. The standard InChI is InChI=1S/C27H48N8O9S/c1-6-14(4)22(29)26(42)31-10-20(37)32-15(5)23(39)34-16(7-8-19(28)36)25(41)35-17(9-13(2)3)24(40)30-11-21(38)33-18(12-45)27(43)44/h13-18,22,45H,6-12,29H2,1-5H3,(H2,28,36)(H,30,40)(H,31,42)(H,32,37)(H,33,38)(H,34,39)(H,35,41)(H,43,44). The normalized spacial score (nSPS) is 14.8. The molecule has 0 fully saturated rings. The molecule has 18 heteroatoms. The Hall–Kier alpha value is -3.93. The summed E-state index contributed by atoms with van der Waals surface area (Å²) in [6.07, 6.45) is 0.270. The van der Waals surface area contributed by atoms with Gasteiger partial charge in [0, 0.05) is 12.2 Å². The maximum atomic E-state index is 13.2. The van der Waals surface area contributed by atoms with Gasteiger partial charge in [-0.25, -0.2) is 4.79 Å². The molecule has 17 nitrogen and oxygen atoms in total. The Labute approximate surface area is 267 Å². The van der Waals surface area contributed by atoms with Gasteiger partial charge >= 0.3 is 5.97 Å². The molecule has 11 N–H and O–H groups in total. The van der Waals surface area contributed by atoms with Crippen molar-refractivity contribution >= 4 is 59.9 Å². The number of hydrogen-bond acceptors (Lipinski definition) is 10. The Balaban J connectivity index is 5.40. The zero-order valence-corrected chi connectivity index (χ0v) is 27.2. The summed E-state index contributed by atoms with van der Waals surface area (Å²) in [5.41, 5.74) is 11.1. The van der Waals surface area contributed by atoms with Gasteiger partial charge in [0.25, 0.3) is 0 Å². The van der Waals surface area contributed by atoms with Crippen molar-refractivity contribution in [3.05, 3.63) is 0 Å². The lowest BCUT2D eigenvalue weighted by Gasteiger charge is -2.25. The second-order valence-electron chi connectivity index (χ2n) is 11.0. The first-order chi connectivity index (χ1) is 20.9. The van der Waals surface area contributed by atoms with Crippen molar-refractivity contribution in [3.63, 3.8) is 0 Å². The number of carbonyl (C=O) groups is 8. The van der Waals surface area contributed by atoms with E-state index in [2.05, 4.69) is 44.5 Å². The monoisotopic (exact) mass is 660 g/mol. The summed E-state index contributed by atoms with van der Waals surface area (Å²) in [6, 6.07) is -5.75. The van der Waals surface area contributed by atoms with Gasteiger partial charge < -0.3 is 48.5 Å². The second kappa shape index (κ2) is 20.9. The Bertz CT molecular complexity index is 1070. The summed E-state index contributed by atoms with van der Waals surface area (Å²) in [5, 5.41) is 23.3. The van der Waals surface area contributed by atoms with Crippen LogP contribution < -0.4 is 43.4 Å². The lowest BCUT2D eigenvalue weighted by molar-refractivity contribution is -0.141. The maximum absolute atomic E-state index is 13.2. The molecule has 45 heavy (non-hydrogen) atoms. The molecule has 0 bridgehead atoms. The molecular formula is C27H48N8O9S. The molecule has 0 aliphatic rings. The molecule has 6 unspecified atom stereocenters. The lowest BCUT2D eigenvalue weighted by Crippen LogP contribution is -2.57. The van der Waals surface area contributed by atoms with Gasteiger partial charge in [-0.3, -0.25) is 33.6 Å². The van der Waals surface area contributed by atoms with E-state index in [1.807, 2.05) is 6.92 Å². The van der Waals surface area contributed by atoms with Crippen molar-refractivity contribution < 1.29 is 43.5 Å². The van der Waals surface area contributed by atoms with Crippen LogP contribution in [0.2, 0.25) is 0 Å². The summed E-state index contributed by atoms with van der Waals surface area (Å²) < 4.78 is 0. The van der Waals surface area contributed by atoms with Crippen molar-refractivity contribution in [2.24, 2.45) is 23.3 Å². The fourth-order valence-corrected chi connectivity index (χ4v) is 3.95. The second-order valence-corrected chi connectivity index (χ2v) is 11.4. The molecule has 0 aromatic heterocycles. The van der Waals surface area contributed by atoms with Gasteiger partial charge in [0.15, 0.2) is 0 Å². The van der Waals surface area contributed by atoms with Crippen LogP contribution in [0.1, 0.15) is 60.3 Å². The molecule has 0 aromatic rings. The van der Waals surface area contributed by atoms with Crippen LogP contribution in [0.3, 0.4) is 0 Å². The Morgan fingerprint density at radius 1 is 0.733 bits per heavy atom. The number of thiol groups is 1. The molecule has 0 aliphatic carbocycles. The summed E-state index contributed by atoms with van der Waals surface area (Å²) in [7, 11) is 0. The fourth-order valence-electron chi connectivity index (χ4n) is 3.70. The highest BCUT2D eigenvalue weighted by molar-refractivity contribution is 7.80. The topological polar surface area (TPSA) is 281 Å². The molecule has 0 aliphatic heterocycles. The van der Waals surface area contributed by atoms with Gasteiger partial charge in [-0.1, -0.05) is 34.1 Å². The Morgan fingerprint density at radius 2 is 1.27 bits per heavy atom. The van der Waals surface area contributed by atoms with Crippen LogP contribution >= 0.6 is 12.6 Å².